The summed E-state index contributed by atoms with van der Waals surface area (Å²) < 4.78 is 26.6. The van der Waals surface area contributed by atoms with E-state index in [0.29, 0.717) is 11.3 Å². The van der Waals surface area contributed by atoms with Gasteiger partial charge in [-0.15, -0.1) is 0 Å². The van der Waals surface area contributed by atoms with Crippen molar-refractivity contribution in [1.82, 2.24) is 10.0 Å². The molecule has 0 radical (unpaired) electrons. The zero-order chi connectivity index (χ0) is 14.9. The van der Waals surface area contributed by atoms with Gasteiger partial charge >= 0.3 is 0 Å². The molecule has 1 amide bonds. The zero-order valence-electron chi connectivity index (χ0n) is 10.9. The highest BCUT2D eigenvalue weighted by Gasteiger charge is 2.25. The number of halogens is 1. The summed E-state index contributed by atoms with van der Waals surface area (Å²) in [6.45, 7) is 1.29. The Hall–Kier alpha value is -1.31. The smallest absolute Gasteiger partial charge is 0.241 e. The summed E-state index contributed by atoms with van der Waals surface area (Å²) in [6, 6.07) is 2.99. The number of carbonyl (C=O) groups excluding carboxylic acids is 1. The molecule has 0 heterocycles. The lowest BCUT2D eigenvalue weighted by Gasteiger charge is -2.11. The summed E-state index contributed by atoms with van der Waals surface area (Å²) in [6.07, 6.45) is 1.89. The van der Waals surface area contributed by atoms with Gasteiger partial charge in [-0.05, 0) is 37.5 Å². The Morgan fingerprint density at radius 3 is 2.70 bits per heavy atom. The first-order valence-corrected chi connectivity index (χ1v) is 8.00. The maximum absolute atomic E-state index is 12.2. The van der Waals surface area contributed by atoms with Crippen LogP contribution < -0.4 is 15.8 Å². The molecule has 0 spiro atoms. The highest BCUT2D eigenvalue weighted by Crippen LogP contribution is 2.25. The fourth-order valence-electron chi connectivity index (χ4n) is 1.70. The van der Waals surface area contributed by atoms with E-state index in [1.165, 1.54) is 12.1 Å². The summed E-state index contributed by atoms with van der Waals surface area (Å²) in [5, 5.41) is 2.93. The molecule has 1 fully saturated rings. The van der Waals surface area contributed by atoms with Crippen LogP contribution in [0.25, 0.3) is 0 Å². The molecule has 110 valence electrons. The van der Waals surface area contributed by atoms with E-state index in [-0.39, 0.29) is 28.4 Å². The first-order valence-electron chi connectivity index (χ1n) is 6.14. The van der Waals surface area contributed by atoms with Crippen molar-refractivity contribution >= 4 is 33.2 Å². The molecule has 2 rings (SSSR count). The van der Waals surface area contributed by atoms with Crippen molar-refractivity contribution < 1.29 is 13.2 Å². The number of anilines is 1. The number of nitrogens with one attached hydrogen (secondary N) is 2. The van der Waals surface area contributed by atoms with Crippen LogP contribution in [0.3, 0.4) is 0 Å². The molecule has 1 saturated carbocycles. The number of amides is 1. The van der Waals surface area contributed by atoms with Crippen LogP contribution in [0.4, 0.5) is 5.69 Å². The normalized spacial score (nSPS) is 15.1. The molecule has 8 heteroatoms. The van der Waals surface area contributed by atoms with Gasteiger partial charge in [0.05, 0.1) is 11.4 Å². The van der Waals surface area contributed by atoms with Crippen molar-refractivity contribution in [3.05, 3.63) is 22.7 Å². The van der Waals surface area contributed by atoms with Crippen LogP contribution in [0.5, 0.6) is 0 Å². The summed E-state index contributed by atoms with van der Waals surface area (Å²) >= 11 is 5.82. The Morgan fingerprint density at radius 1 is 1.45 bits per heavy atom. The molecule has 1 aromatic carbocycles. The fourth-order valence-corrected chi connectivity index (χ4v) is 3.27. The third-order valence-corrected chi connectivity index (χ3v) is 4.77. The highest BCUT2D eigenvalue weighted by atomic mass is 35.5. The number of hydrogen-bond donors (Lipinski definition) is 3. The number of nitrogen functional groups attached to an aromatic ring is 1. The summed E-state index contributed by atoms with van der Waals surface area (Å²) in [4.78, 5) is 11.5. The predicted molar refractivity (Wildman–Crippen MR) is 77.0 cm³/mol. The largest absolute Gasteiger partial charge is 0.398 e. The Morgan fingerprint density at radius 2 is 2.10 bits per heavy atom. The minimum atomic E-state index is -3.82. The van der Waals surface area contributed by atoms with Crippen LogP contribution in [0, 0.1) is 6.92 Å². The molecule has 0 aromatic heterocycles. The van der Waals surface area contributed by atoms with Crippen LogP contribution in [0.2, 0.25) is 5.02 Å². The molecule has 0 saturated heterocycles. The molecule has 1 aliphatic rings. The minimum Gasteiger partial charge on any atom is -0.398 e. The van der Waals surface area contributed by atoms with E-state index in [4.69, 9.17) is 17.3 Å². The Balaban J connectivity index is 2.11. The summed E-state index contributed by atoms with van der Waals surface area (Å²) in [5.41, 5.74) is 6.39. The van der Waals surface area contributed by atoms with Gasteiger partial charge in [0, 0.05) is 16.8 Å². The van der Waals surface area contributed by atoms with Crippen molar-refractivity contribution in [2.45, 2.75) is 30.7 Å². The quantitative estimate of drug-likeness (QED) is 0.699. The van der Waals surface area contributed by atoms with Crippen LogP contribution in [-0.4, -0.2) is 26.9 Å². The van der Waals surface area contributed by atoms with E-state index in [2.05, 4.69) is 10.0 Å². The molecule has 0 atom stereocenters. The molecule has 0 unspecified atom stereocenters. The Labute approximate surface area is 122 Å². The molecule has 6 nitrogen and oxygen atoms in total. The lowest BCUT2D eigenvalue weighted by atomic mass is 10.2. The van der Waals surface area contributed by atoms with Gasteiger partial charge in [-0.2, -0.15) is 0 Å². The number of nitrogens with two attached hydrogens (primary N) is 1. The number of carbonyl (C=O) groups is 1. The first kappa shape index (κ1) is 15.1. The minimum absolute atomic E-state index is 0.0123. The molecule has 0 aliphatic heterocycles. The summed E-state index contributed by atoms with van der Waals surface area (Å²) in [7, 11) is -3.82. The van der Waals surface area contributed by atoms with Gasteiger partial charge in [-0.25, -0.2) is 13.1 Å². The molecular formula is C12H16ClN3O3S. The topological polar surface area (TPSA) is 101 Å². The van der Waals surface area contributed by atoms with Crippen LogP contribution in [0.15, 0.2) is 17.0 Å². The van der Waals surface area contributed by atoms with Gasteiger partial charge in [0.25, 0.3) is 0 Å². The maximum atomic E-state index is 12.2. The number of sulfonamides is 1. The van der Waals surface area contributed by atoms with Crippen molar-refractivity contribution in [1.29, 1.82) is 0 Å². The van der Waals surface area contributed by atoms with Crippen molar-refractivity contribution in [2.24, 2.45) is 0 Å². The second kappa shape index (κ2) is 5.59. The highest BCUT2D eigenvalue weighted by molar-refractivity contribution is 7.89. The Kier molecular flexibility index (Phi) is 4.22. The Bertz CT molecular complexity index is 642. The third-order valence-electron chi connectivity index (χ3n) is 3.02. The van der Waals surface area contributed by atoms with Crippen molar-refractivity contribution in [3.8, 4) is 0 Å². The monoisotopic (exact) mass is 317 g/mol. The van der Waals surface area contributed by atoms with E-state index in [1.54, 1.807) is 6.92 Å². The SMILES string of the molecule is Cc1c(N)cc(Cl)cc1S(=O)(=O)NCC(=O)NC1CC1. The second-order valence-electron chi connectivity index (χ2n) is 4.78. The van der Waals surface area contributed by atoms with Gasteiger partial charge in [-0.3, -0.25) is 4.79 Å². The molecule has 4 N–H and O–H groups in total. The lowest BCUT2D eigenvalue weighted by molar-refractivity contribution is -0.120. The van der Waals surface area contributed by atoms with Gasteiger partial charge < -0.3 is 11.1 Å². The van der Waals surface area contributed by atoms with E-state index in [0.717, 1.165) is 12.8 Å². The van der Waals surface area contributed by atoms with Crippen LogP contribution >= 0.6 is 11.6 Å². The van der Waals surface area contributed by atoms with Crippen molar-refractivity contribution in [2.75, 3.05) is 12.3 Å². The van der Waals surface area contributed by atoms with Crippen LogP contribution in [-0.2, 0) is 14.8 Å². The average molecular weight is 318 g/mol. The molecule has 20 heavy (non-hydrogen) atoms. The first-order chi connectivity index (χ1) is 9.29. The summed E-state index contributed by atoms with van der Waals surface area (Å²) in [5.74, 6) is -0.344. The molecule has 1 aromatic rings. The standard InChI is InChI=1S/C12H16ClN3O3S/c1-7-10(14)4-8(13)5-11(7)20(18,19)15-6-12(17)16-9-2-3-9/h4-5,9,15H,2-3,6,14H2,1H3,(H,16,17). The molecular weight excluding hydrogens is 302 g/mol. The lowest BCUT2D eigenvalue weighted by Crippen LogP contribution is -2.38. The average Bonchev–Trinajstić information content (AvgIpc) is 3.15. The van der Waals surface area contributed by atoms with Gasteiger partial charge in [0.15, 0.2) is 0 Å². The van der Waals surface area contributed by atoms with E-state index in [9.17, 15) is 13.2 Å². The maximum Gasteiger partial charge on any atom is 0.241 e. The van der Waals surface area contributed by atoms with Crippen LogP contribution in [0.1, 0.15) is 18.4 Å². The van der Waals surface area contributed by atoms with Gasteiger partial charge in [-0.1, -0.05) is 11.6 Å². The number of hydrogen-bond acceptors (Lipinski definition) is 4. The molecule has 0 bridgehead atoms. The van der Waals surface area contributed by atoms with E-state index in [1.807, 2.05) is 0 Å². The third kappa shape index (κ3) is 3.62. The van der Waals surface area contributed by atoms with Gasteiger partial charge in [0.1, 0.15) is 0 Å². The number of benzene rings is 1. The second-order valence-corrected chi connectivity index (χ2v) is 6.96. The zero-order valence-corrected chi connectivity index (χ0v) is 12.5. The van der Waals surface area contributed by atoms with Crippen molar-refractivity contribution in [3.63, 3.8) is 0 Å². The van der Waals surface area contributed by atoms with E-state index < -0.39 is 10.0 Å². The molecule has 1 aliphatic carbocycles. The van der Waals surface area contributed by atoms with E-state index >= 15 is 0 Å². The van der Waals surface area contributed by atoms with Gasteiger partial charge in [0.2, 0.25) is 15.9 Å². The predicted octanol–water partition coefficient (Wildman–Crippen LogP) is 0.788. The fraction of sp³-hybridized carbons (Fsp3) is 0.417. The number of rotatable bonds is 5.